The summed E-state index contributed by atoms with van der Waals surface area (Å²) >= 11 is 0. The monoisotopic (exact) mass is 301 g/mol. The van der Waals surface area contributed by atoms with Crippen molar-refractivity contribution >= 4 is 11.0 Å². The van der Waals surface area contributed by atoms with Gasteiger partial charge in [-0.1, -0.05) is 12.7 Å². The zero-order valence-electron chi connectivity index (χ0n) is 13.5. The Balaban J connectivity index is 2.04. The number of fused-ring (bicyclic) bond motifs is 1. The van der Waals surface area contributed by atoms with Gasteiger partial charge in [-0.15, -0.1) is 0 Å². The van der Waals surface area contributed by atoms with E-state index in [1.807, 2.05) is 13.0 Å². The van der Waals surface area contributed by atoms with Gasteiger partial charge in [0, 0.05) is 22.9 Å². The Bertz CT molecular complexity index is 763. The van der Waals surface area contributed by atoms with Crippen LogP contribution in [0.25, 0.3) is 11.0 Å². The summed E-state index contributed by atoms with van der Waals surface area (Å²) in [6, 6.07) is 3.24. The molecule has 1 aliphatic rings. The van der Waals surface area contributed by atoms with Crippen LogP contribution in [-0.2, 0) is 6.54 Å². The molecule has 1 aromatic carbocycles. The van der Waals surface area contributed by atoms with Crippen LogP contribution in [0.4, 0.5) is 0 Å². The largest absolute Gasteiger partial charge is 0.872 e. The van der Waals surface area contributed by atoms with Crippen LogP contribution in [0.2, 0.25) is 0 Å². The van der Waals surface area contributed by atoms with Crippen molar-refractivity contribution in [2.45, 2.75) is 40.2 Å². The van der Waals surface area contributed by atoms with Crippen LogP contribution in [0.15, 0.2) is 21.3 Å². The second-order valence-corrected chi connectivity index (χ2v) is 6.75. The van der Waals surface area contributed by atoms with Crippen molar-refractivity contribution in [2.24, 2.45) is 5.92 Å². The molecular weight excluding hydrogens is 278 g/mol. The average molecular weight is 301 g/mol. The zero-order chi connectivity index (χ0) is 15.9. The smallest absolute Gasteiger partial charge is 0.336 e. The van der Waals surface area contributed by atoms with E-state index >= 15 is 0 Å². The number of likely N-dealkylation sites (tertiary alicyclic amines) is 1. The molecule has 2 unspecified atom stereocenters. The minimum atomic E-state index is -0.396. The fourth-order valence-corrected chi connectivity index (χ4v) is 3.67. The molecule has 4 nitrogen and oxygen atoms in total. The summed E-state index contributed by atoms with van der Waals surface area (Å²) < 4.78 is 5.20. The van der Waals surface area contributed by atoms with Crippen LogP contribution >= 0.6 is 0 Å². The minimum absolute atomic E-state index is 0.0296. The van der Waals surface area contributed by atoms with E-state index in [-0.39, 0.29) is 5.75 Å². The van der Waals surface area contributed by atoms with E-state index in [4.69, 9.17) is 4.42 Å². The Morgan fingerprint density at radius 1 is 1.32 bits per heavy atom. The van der Waals surface area contributed by atoms with Crippen molar-refractivity contribution in [3.8, 4) is 5.75 Å². The molecule has 0 spiro atoms. The fourth-order valence-electron chi connectivity index (χ4n) is 3.67. The third kappa shape index (κ3) is 2.75. The van der Waals surface area contributed by atoms with Crippen molar-refractivity contribution in [1.82, 2.24) is 0 Å². The third-order valence-corrected chi connectivity index (χ3v) is 4.80. The summed E-state index contributed by atoms with van der Waals surface area (Å²) in [5.41, 5.74) is 2.52. The Kier molecular flexibility index (Phi) is 3.96. The molecule has 22 heavy (non-hydrogen) atoms. The Morgan fingerprint density at radius 3 is 2.82 bits per heavy atom. The van der Waals surface area contributed by atoms with Gasteiger partial charge in [0.2, 0.25) is 0 Å². The number of rotatable bonds is 2. The number of benzene rings is 1. The molecule has 1 aliphatic heterocycles. The molecule has 118 valence electrons. The van der Waals surface area contributed by atoms with Crippen molar-refractivity contribution in [1.29, 1.82) is 0 Å². The van der Waals surface area contributed by atoms with Crippen molar-refractivity contribution < 1.29 is 14.4 Å². The predicted molar refractivity (Wildman–Crippen MR) is 84.2 cm³/mol. The number of aryl methyl sites for hydroxylation is 2. The Morgan fingerprint density at radius 2 is 2.09 bits per heavy atom. The second kappa shape index (κ2) is 5.76. The number of quaternary nitrogens is 1. The van der Waals surface area contributed by atoms with Gasteiger partial charge in [-0.25, -0.2) is 4.79 Å². The molecule has 1 aromatic heterocycles. The van der Waals surface area contributed by atoms with Crippen LogP contribution in [0.1, 0.15) is 36.5 Å². The summed E-state index contributed by atoms with van der Waals surface area (Å²) in [5.74, 6) is 0.751. The summed E-state index contributed by atoms with van der Waals surface area (Å²) in [6.07, 6.45) is 2.51. The van der Waals surface area contributed by atoms with Crippen molar-refractivity contribution in [3.05, 3.63) is 39.2 Å². The molecule has 0 amide bonds. The fraction of sp³-hybridized carbons (Fsp3) is 0.500. The SMILES string of the molecule is Cc1cc2oc(=O)cc(C)c2c([O-])c1C[NH+]1CCCC(C)C1. The van der Waals surface area contributed by atoms with E-state index in [9.17, 15) is 9.90 Å². The van der Waals surface area contributed by atoms with E-state index < -0.39 is 5.63 Å². The van der Waals surface area contributed by atoms with Gasteiger partial charge in [-0.2, -0.15) is 0 Å². The highest BCUT2D eigenvalue weighted by atomic mass is 16.4. The molecule has 1 saturated heterocycles. The predicted octanol–water partition coefficient (Wildman–Crippen LogP) is 1.30. The van der Waals surface area contributed by atoms with Gasteiger partial charge in [-0.05, 0) is 43.9 Å². The van der Waals surface area contributed by atoms with Gasteiger partial charge < -0.3 is 14.4 Å². The van der Waals surface area contributed by atoms with Gasteiger partial charge in [0.1, 0.15) is 12.1 Å². The zero-order valence-corrected chi connectivity index (χ0v) is 13.5. The summed E-state index contributed by atoms with van der Waals surface area (Å²) in [7, 11) is 0. The first-order chi connectivity index (χ1) is 10.5. The third-order valence-electron chi connectivity index (χ3n) is 4.80. The highest BCUT2D eigenvalue weighted by Gasteiger charge is 2.21. The molecule has 1 fully saturated rings. The quantitative estimate of drug-likeness (QED) is 0.851. The minimum Gasteiger partial charge on any atom is -0.872 e. The molecule has 4 heteroatoms. The molecule has 0 radical (unpaired) electrons. The van der Waals surface area contributed by atoms with Crippen molar-refractivity contribution in [3.63, 3.8) is 0 Å². The first-order valence-corrected chi connectivity index (χ1v) is 8.03. The number of piperidine rings is 1. The lowest BCUT2D eigenvalue weighted by molar-refractivity contribution is -0.922. The molecule has 2 aromatic rings. The maximum absolute atomic E-state index is 12.9. The van der Waals surface area contributed by atoms with E-state index in [1.165, 1.54) is 23.8 Å². The standard InChI is InChI=1S/C18H23NO3/c1-11-5-4-6-19(9-11)10-14-12(2)7-15-17(18(14)21)13(3)8-16(20)22-15/h7-8,11,21H,4-6,9-10H2,1-3H3. The normalized spacial score (nSPS) is 22.1. The second-order valence-electron chi connectivity index (χ2n) is 6.75. The van der Waals surface area contributed by atoms with Crippen LogP contribution < -0.4 is 15.6 Å². The molecule has 0 bridgehead atoms. The highest BCUT2D eigenvalue weighted by Crippen LogP contribution is 2.30. The van der Waals surface area contributed by atoms with Crippen LogP contribution in [0.5, 0.6) is 5.75 Å². The maximum Gasteiger partial charge on any atom is 0.336 e. The van der Waals surface area contributed by atoms with E-state index in [1.54, 1.807) is 6.92 Å². The van der Waals surface area contributed by atoms with Crippen LogP contribution in [0.3, 0.4) is 0 Å². The van der Waals surface area contributed by atoms with Gasteiger partial charge >= 0.3 is 5.63 Å². The Hall–Kier alpha value is -1.81. The van der Waals surface area contributed by atoms with Crippen molar-refractivity contribution in [2.75, 3.05) is 13.1 Å². The molecule has 0 saturated carbocycles. The van der Waals surface area contributed by atoms with Gasteiger partial charge in [0.25, 0.3) is 0 Å². The summed E-state index contributed by atoms with van der Waals surface area (Å²) in [4.78, 5) is 13.0. The Labute approximate surface area is 130 Å². The maximum atomic E-state index is 12.9. The average Bonchev–Trinajstić information content (AvgIpc) is 2.42. The molecular formula is C18H23NO3. The first kappa shape index (κ1) is 15.1. The number of hydrogen-bond acceptors (Lipinski definition) is 3. The summed E-state index contributed by atoms with van der Waals surface area (Å²) in [6.45, 7) is 9.04. The number of hydrogen-bond donors (Lipinski definition) is 1. The van der Waals surface area contributed by atoms with Gasteiger partial charge in [-0.3, -0.25) is 0 Å². The van der Waals surface area contributed by atoms with E-state index in [0.717, 1.165) is 36.7 Å². The topological polar surface area (TPSA) is 57.7 Å². The van der Waals surface area contributed by atoms with Crippen LogP contribution in [-0.4, -0.2) is 13.1 Å². The van der Waals surface area contributed by atoms with E-state index in [2.05, 4.69) is 6.92 Å². The highest BCUT2D eigenvalue weighted by molar-refractivity contribution is 5.88. The first-order valence-electron chi connectivity index (χ1n) is 8.03. The number of nitrogens with one attached hydrogen (secondary N) is 1. The van der Waals surface area contributed by atoms with Gasteiger partial charge in [0.15, 0.2) is 0 Å². The van der Waals surface area contributed by atoms with E-state index in [0.29, 0.717) is 16.5 Å². The lowest BCUT2D eigenvalue weighted by atomic mass is 9.97. The van der Waals surface area contributed by atoms with Crippen LogP contribution in [0, 0.1) is 19.8 Å². The molecule has 0 aliphatic carbocycles. The molecule has 2 heterocycles. The summed E-state index contributed by atoms with van der Waals surface area (Å²) in [5, 5.41) is 13.4. The van der Waals surface area contributed by atoms with Gasteiger partial charge in [0.05, 0.1) is 13.1 Å². The molecule has 2 atom stereocenters. The lowest BCUT2D eigenvalue weighted by Crippen LogP contribution is -3.12. The molecule has 1 N–H and O–H groups in total. The lowest BCUT2D eigenvalue weighted by Gasteiger charge is -2.30. The molecule has 3 rings (SSSR count).